The lowest BCUT2D eigenvalue weighted by Crippen LogP contribution is -2.43. The third-order valence-electron chi connectivity index (χ3n) is 4.07. The molecule has 0 aromatic rings. The molecule has 9 heteroatoms. The number of esters is 3. The van der Waals surface area contributed by atoms with Crippen LogP contribution in [0.4, 0.5) is 0 Å². The Hall–Kier alpha value is -1.71. The molecule has 26 heavy (non-hydrogen) atoms. The second-order valence-electron chi connectivity index (χ2n) is 6.69. The lowest BCUT2D eigenvalue weighted by Gasteiger charge is -2.29. The van der Waals surface area contributed by atoms with Gasteiger partial charge in [-0.05, 0) is 20.8 Å². The van der Waals surface area contributed by atoms with Crippen molar-refractivity contribution < 1.29 is 42.8 Å². The molecule has 5 atom stereocenters. The smallest absolute Gasteiger partial charge is 0.306 e. The standard InChI is InChI=1S/C17H26O9/c1-6-21-13(20)7-11-14(12(23-10(3)19)8-22-9(2)18)24-16-15(11)25-17(4,5)26-16/h11-12,14-16H,6-8H2,1-5H3/t11-,12-,14-,15-,16-/m1/s1. The van der Waals surface area contributed by atoms with Gasteiger partial charge in [-0.2, -0.15) is 0 Å². The van der Waals surface area contributed by atoms with Crippen LogP contribution in [0.25, 0.3) is 0 Å². The predicted molar refractivity (Wildman–Crippen MR) is 85.6 cm³/mol. The summed E-state index contributed by atoms with van der Waals surface area (Å²) in [7, 11) is 0. The molecule has 2 saturated heterocycles. The zero-order valence-corrected chi connectivity index (χ0v) is 15.7. The van der Waals surface area contributed by atoms with Gasteiger partial charge in [0.25, 0.3) is 0 Å². The van der Waals surface area contributed by atoms with E-state index in [1.807, 2.05) is 0 Å². The Labute approximate surface area is 152 Å². The molecule has 0 spiro atoms. The number of carbonyl (C=O) groups is 3. The molecule has 148 valence electrons. The SMILES string of the molecule is CCOC(=O)C[C@@H]1[C@H]([C@@H](COC(C)=O)OC(C)=O)O[C@@H]2OC(C)(C)O[C@@H]21. The number of hydrogen-bond acceptors (Lipinski definition) is 9. The van der Waals surface area contributed by atoms with Gasteiger partial charge in [-0.1, -0.05) is 0 Å². The number of ether oxygens (including phenoxy) is 6. The van der Waals surface area contributed by atoms with Gasteiger partial charge in [0, 0.05) is 19.8 Å². The van der Waals surface area contributed by atoms with Gasteiger partial charge in [0.2, 0.25) is 0 Å². The summed E-state index contributed by atoms with van der Waals surface area (Å²) in [5, 5.41) is 0. The second kappa shape index (κ2) is 8.32. The molecule has 2 rings (SSSR count). The first-order valence-corrected chi connectivity index (χ1v) is 8.60. The van der Waals surface area contributed by atoms with Gasteiger partial charge in [-0.3, -0.25) is 14.4 Å². The average Bonchev–Trinajstić information content (AvgIpc) is 2.96. The zero-order valence-electron chi connectivity index (χ0n) is 15.7. The maximum Gasteiger partial charge on any atom is 0.306 e. The molecule has 9 nitrogen and oxygen atoms in total. The molecular formula is C17H26O9. The molecule has 0 bridgehead atoms. The van der Waals surface area contributed by atoms with E-state index in [9.17, 15) is 14.4 Å². The number of rotatable bonds is 7. The molecule has 0 aliphatic carbocycles. The van der Waals surface area contributed by atoms with Crippen molar-refractivity contribution in [1.82, 2.24) is 0 Å². The first-order valence-electron chi connectivity index (χ1n) is 8.60. The topological polar surface area (TPSA) is 107 Å². The number of fused-ring (bicyclic) bond motifs is 1. The van der Waals surface area contributed by atoms with Gasteiger partial charge in [0.15, 0.2) is 18.2 Å². The maximum atomic E-state index is 12.0. The molecule has 0 unspecified atom stereocenters. The summed E-state index contributed by atoms with van der Waals surface area (Å²) in [6.45, 7) is 7.74. The fourth-order valence-electron chi connectivity index (χ4n) is 3.21. The van der Waals surface area contributed by atoms with E-state index in [0.29, 0.717) is 0 Å². The summed E-state index contributed by atoms with van der Waals surface area (Å²) in [6, 6.07) is 0. The van der Waals surface area contributed by atoms with E-state index in [-0.39, 0.29) is 19.6 Å². The normalized spacial score (nSPS) is 30.3. The van der Waals surface area contributed by atoms with Gasteiger partial charge in [-0.15, -0.1) is 0 Å². The fourth-order valence-corrected chi connectivity index (χ4v) is 3.21. The van der Waals surface area contributed by atoms with Crippen LogP contribution in [-0.2, 0) is 42.8 Å². The molecule has 0 aromatic heterocycles. The van der Waals surface area contributed by atoms with E-state index in [0.717, 1.165) is 0 Å². The summed E-state index contributed by atoms with van der Waals surface area (Å²) < 4.78 is 32.8. The Kier molecular flexibility index (Phi) is 6.59. The van der Waals surface area contributed by atoms with Crippen LogP contribution in [0, 0.1) is 5.92 Å². The van der Waals surface area contributed by atoms with Gasteiger partial charge in [0.1, 0.15) is 18.8 Å². The minimum atomic E-state index is -0.892. The zero-order chi connectivity index (χ0) is 19.5. The van der Waals surface area contributed by atoms with E-state index in [1.165, 1.54) is 13.8 Å². The fraction of sp³-hybridized carbons (Fsp3) is 0.824. The van der Waals surface area contributed by atoms with Gasteiger partial charge in [0.05, 0.1) is 13.0 Å². The Morgan fingerprint density at radius 2 is 1.77 bits per heavy atom. The monoisotopic (exact) mass is 374 g/mol. The summed E-state index contributed by atoms with van der Waals surface area (Å²) in [5.74, 6) is -2.84. The van der Waals surface area contributed by atoms with Crippen molar-refractivity contribution in [3.8, 4) is 0 Å². The lowest BCUT2D eigenvalue weighted by molar-refractivity contribution is -0.227. The molecule has 0 amide bonds. The van der Waals surface area contributed by atoms with Crippen molar-refractivity contribution in [2.45, 2.75) is 71.4 Å². The van der Waals surface area contributed by atoms with E-state index >= 15 is 0 Å². The van der Waals surface area contributed by atoms with Crippen molar-refractivity contribution in [2.24, 2.45) is 5.92 Å². The Balaban J connectivity index is 2.20. The summed E-state index contributed by atoms with van der Waals surface area (Å²) >= 11 is 0. The van der Waals surface area contributed by atoms with Crippen molar-refractivity contribution in [3.63, 3.8) is 0 Å². The van der Waals surface area contributed by atoms with Crippen LogP contribution in [0.5, 0.6) is 0 Å². The van der Waals surface area contributed by atoms with E-state index in [2.05, 4.69) is 0 Å². The van der Waals surface area contributed by atoms with Crippen molar-refractivity contribution >= 4 is 17.9 Å². The molecule has 0 aromatic carbocycles. The Bertz CT molecular complexity index is 544. The first kappa shape index (κ1) is 20.6. The van der Waals surface area contributed by atoms with Gasteiger partial charge in [-0.25, -0.2) is 0 Å². The minimum Gasteiger partial charge on any atom is -0.466 e. The highest BCUT2D eigenvalue weighted by Gasteiger charge is 2.57. The summed E-state index contributed by atoms with van der Waals surface area (Å²) in [6.07, 6.45) is -2.89. The summed E-state index contributed by atoms with van der Waals surface area (Å²) in [4.78, 5) is 34.6. The van der Waals surface area contributed by atoms with Crippen LogP contribution in [0.1, 0.15) is 41.0 Å². The van der Waals surface area contributed by atoms with Crippen molar-refractivity contribution in [1.29, 1.82) is 0 Å². The molecule has 0 radical (unpaired) electrons. The first-order chi connectivity index (χ1) is 12.1. The van der Waals surface area contributed by atoms with Crippen molar-refractivity contribution in [2.75, 3.05) is 13.2 Å². The van der Waals surface area contributed by atoms with E-state index in [4.69, 9.17) is 28.4 Å². The van der Waals surface area contributed by atoms with Crippen LogP contribution in [0.2, 0.25) is 0 Å². The van der Waals surface area contributed by atoms with Crippen LogP contribution < -0.4 is 0 Å². The largest absolute Gasteiger partial charge is 0.466 e. The predicted octanol–water partition coefficient (Wildman–Crippen LogP) is 0.927. The third kappa shape index (κ3) is 5.15. The quantitative estimate of drug-likeness (QED) is 0.475. The minimum absolute atomic E-state index is 0.00303. The number of carbonyl (C=O) groups excluding carboxylic acids is 3. The molecular weight excluding hydrogens is 348 g/mol. The van der Waals surface area contributed by atoms with Crippen LogP contribution >= 0.6 is 0 Å². The van der Waals surface area contributed by atoms with E-state index in [1.54, 1.807) is 20.8 Å². The van der Waals surface area contributed by atoms with Crippen molar-refractivity contribution in [3.05, 3.63) is 0 Å². The highest BCUT2D eigenvalue weighted by atomic mass is 16.8. The molecule has 0 saturated carbocycles. The third-order valence-corrected chi connectivity index (χ3v) is 4.07. The average molecular weight is 374 g/mol. The molecule has 2 heterocycles. The van der Waals surface area contributed by atoms with Crippen LogP contribution in [0.15, 0.2) is 0 Å². The lowest BCUT2D eigenvalue weighted by atomic mass is 9.91. The molecule has 2 aliphatic rings. The van der Waals surface area contributed by atoms with Crippen LogP contribution in [0.3, 0.4) is 0 Å². The Morgan fingerprint density at radius 3 is 2.35 bits per heavy atom. The number of hydrogen-bond donors (Lipinski definition) is 0. The maximum absolute atomic E-state index is 12.0. The van der Waals surface area contributed by atoms with E-state index < -0.39 is 54.2 Å². The molecule has 2 fully saturated rings. The van der Waals surface area contributed by atoms with Gasteiger partial charge < -0.3 is 28.4 Å². The molecule has 2 aliphatic heterocycles. The summed E-state index contributed by atoms with van der Waals surface area (Å²) in [5.41, 5.74) is 0. The second-order valence-corrected chi connectivity index (χ2v) is 6.69. The molecule has 0 N–H and O–H groups in total. The highest BCUT2D eigenvalue weighted by Crippen LogP contribution is 2.43. The van der Waals surface area contributed by atoms with Gasteiger partial charge >= 0.3 is 17.9 Å². The highest BCUT2D eigenvalue weighted by molar-refractivity contribution is 5.70. The Morgan fingerprint density at radius 1 is 1.08 bits per heavy atom. The van der Waals surface area contributed by atoms with Crippen LogP contribution in [-0.4, -0.2) is 61.5 Å².